The largest absolute Gasteiger partial charge is 0.486 e. The van der Waals surface area contributed by atoms with Gasteiger partial charge in [0.1, 0.15) is 13.2 Å². The van der Waals surface area contributed by atoms with Gasteiger partial charge >= 0.3 is 0 Å². The first-order valence-electron chi connectivity index (χ1n) is 9.95. The van der Waals surface area contributed by atoms with Gasteiger partial charge in [-0.3, -0.25) is 9.36 Å². The molecule has 0 unspecified atom stereocenters. The molecule has 0 atom stereocenters. The lowest BCUT2D eigenvalue weighted by molar-refractivity contribution is 0.171. The number of nitrogens with zero attached hydrogens (tertiary/aromatic N) is 7. The van der Waals surface area contributed by atoms with Crippen LogP contribution in [0.4, 0.5) is 0 Å². The van der Waals surface area contributed by atoms with Crippen molar-refractivity contribution in [3.05, 3.63) is 52.6 Å². The highest BCUT2D eigenvalue weighted by molar-refractivity contribution is 7.98. The fourth-order valence-electron chi connectivity index (χ4n) is 3.49. The fourth-order valence-corrected chi connectivity index (χ4v) is 4.57. The SMILES string of the molecule is CSc1n[nH]c(-n2ccc3c(cnc4nc(SCc5ccc6c(c5)OCCO6)nn43)c2=O)n1. The topological polar surface area (TPSA) is 125 Å². The van der Waals surface area contributed by atoms with E-state index < -0.39 is 0 Å². The van der Waals surface area contributed by atoms with Crippen LogP contribution in [0.25, 0.3) is 22.6 Å². The molecule has 11 nitrogen and oxygen atoms in total. The Labute approximate surface area is 194 Å². The quantitative estimate of drug-likeness (QED) is 0.375. The molecule has 5 aromatic rings. The van der Waals surface area contributed by atoms with Crippen LogP contribution in [-0.4, -0.2) is 58.8 Å². The molecule has 0 saturated heterocycles. The van der Waals surface area contributed by atoms with Crippen molar-refractivity contribution in [3.8, 4) is 17.4 Å². The Morgan fingerprint density at radius 1 is 1.12 bits per heavy atom. The summed E-state index contributed by atoms with van der Waals surface area (Å²) in [5.41, 5.74) is 1.41. The summed E-state index contributed by atoms with van der Waals surface area (Å²) in [5.74, 6) is 2.94. The van der Waals surface area contributed by atoms with E-state index in [4.69, 9.17) is 9.47 Å². The van der Waals surface area contributed by atoms with Crippen molar-refractivity contribution >= 4 is 40.2 Å². The molecule has 4 aromatic heterocycles. The zero-order chi connectivity index (χ0) is 22.4. The van der Waals surface area contributed by atoms with Gasteiger partial charge in [0.05, 0.1) is 10.9 Å². The Morgan fingerprint density at radius 3 is 2.85 bits per heavy atom. The zero-order valence-electron chi connectivity index (χ0n) is 17.3. The number of benzene rings is 1. The van der Waals surface area contributed by atoms with Gasteiger partial charge in [-0.2, -0.15) is 14.5 Å². The number of thioether (sulfide) groups is 2. The minimum absolute atomic E-state index is 0.272. The van der Waals surface area contributed by atoms with Crippen LogP contribution in [0.5, 0.6) is 11.5 Å². The third kappa shape index (κ3) is 3.58. The van der Waals surface area contributed by atoms with Crippen molar-refractivity contribution in [1.29, 1.82) is 0 Å². The second-order valence-electron chi connectivity index (χ2n) is 7.07. The Balaban J connectivity index is 1.31. The first-order valence-corrected chi connectivity index (χ1v) is 12.2. The van der Waals surface area contributed by atoms with Crippen LogP contribution in [0.2, 0.25) is 0 Å². The lowest BCUT2D eigenvalue weighted by atomic mass is 10.2. The van der Waals surface area contributed by atoms with Crippen LogP contribution in [0.15, 0.2) is 51.8 Å². The van der Waals surface area contributed by atoms with Crippen LogP contribution >= 0.6 is 23.5 Å². The molecule has 6 rings (SSSR count). The summed E-state index contributed by atoms with van der Waals surface area (Å²) in [6.45, 7) is 1.11. The van der Waals surface area contributed by atoms with E-state index in [9.17, 15) is 4.79 Å². The molecule has 13 heteroatoms. The van der Waals surface area contributed by atoms with Gasteiger partial charge in [-0.05, 0) is 30.0 Å². The molecule has 0 bridgehead atoms. The standard InChI is InChI=1S/C20H16N8O3S2/c1-32-19-23-18(24-25-19)27-5-4-13-12(16(27)29)9-21-17-22-20(26-28(13)17)33-10-11-2-3-14-15(8-11)31-7-6-30-14/h2-5,8-9H,6-7,10H2,1H3,(H,23,24,25). The molecule has 1 aromatic carbocycles. The van der Waals surface area contributed by atoms with Gasteiger partial charge in [0.25, 0.3) is 11.3 Å². The minimum atomic E-state index is -0.272. The summed E-state index contributed by atoms with van der Waals surface area (Å²) < 4.78 is 14.2. The van der Waals surface area contributed by atoms with Crippen LogP contribution in [-0.2, 0) is 5.75 Å². The third-order valence-electron chi connectivity index (χ3n) is 5.05. The van der Waals surface area contributed by atoms with E-state index in [-0.39, 0.29) is 5.56 Å². The van der Waals surface area contributed by atoms with Gasteiger partial charge in [-0.25, -0.2) is 10.1 Å². The van der Waals surface area contributed by atoms with Crippen LogP contribution in [0, 0.1) is 0 Å². The molecule has 1 aliphatic heterocycles. The highest BCUT2D eigenvalue weighted by Crippen LogP contribution is 2.32. The van der Waals surface area contributed by atoms with Crippen LogP contribution in [0.3, 0.4) is 0 Å². The van der Waals surface area contributed by atoms with Gasteiger partial charge < -0.3 is 9.47 Å². The summed E-state index contributed by atoms with van der Waals surface area (Å²) in [6.07, 6.45) is 5.02. The van der Waals surface area contributed by atoms with E-state index in [0.29, 0.717) is 51.9 Å². The van der Waals surface area contributed by atoms with Gasteiger partial charge in [-0.15, -0.1) is 10.2 Å². The predicted molar refractivity (Wildman–Crippen MR) is 123 cm³/mol. The first kappa shape index (κ1) is 20.1. The molecule has 166 valence electrons. The van der Waals surface area contributed by atoms with Crippen molar-refractivity contribution in [3.63, 3.8) is 0 Å². The molecule has 0 amide bonds. The molecule has 33 heavy (non-hydrogen) atoms. The molecule has 0 aliphatic carbocycles. The van der Waals surface area contributed by atoms with E-state index in [0.717, 1.165) is 17.1 Å². The summed E-state index contributed by atoms with van der Waals surface area (Å²) >= 11 is 2.87. The number of nitrogens with one attached hydrogen (secondary N) is 1. The fraction of sp³-hybridized carbons (Fsp3) is 0.200. The van der Waals surface area contributed by atoms with Gasteiger partial charge in [0.2, 0.25) is 16.3 Å². The van der Waals surface area contributed by atoms with E-state index in [2.05, 4.69) is 30.2 Å². The van der Waals surface area contributed by atoms with E-state index in [1.54, 1.807) is 16.8 Å². The van der Waals surface area contributed by atoms with Crippen molar-refractivity contribution in [1.82, 2.24) is 39.3 Å². The van der Waals surface area contributed by atoms with E-state index >= 15 is 0 Å². The maximum absolute atomic E-state index is 13.0. The number of rotatable bonds is 5. The van der Waals surface area contributed by atoms with Crippen molar-refractivity contribution < 1.29 is 9.47 Å². The number of aromatic amines is 1. The number of hydrogen-bond acceptors (Lipinski definition) is 10. The maximum atomic E-state index is 13.0. The Bertz CT molecular complexity index is 1560. The maximum Gasteiger partial charge on any atom is 0.268 e. The summed E-state index contributed by atoms with van der Waals surface area (Å²) in [4.78, 5) is 26.2. The zero-order valence-corrected chi connectivity index (χ0v) is 18.9. The molecular weight excluding hydrogens is 464 g/mol. The highest BCUT2D eigenvalue weighted by atomic mass is 32.2. The Morgan fingerprint density at radius 2 is 2.00 bits per heavy atom. The number of H-pyrrole nitrogens is 1. The molecule has 0 fully saturated rings. The van der Waals surface area contributed by atoms with Crippen molar-refractivity contribution in [2.45, 2.75) is 16.1 Å². The molecule has 1 aliphatic rings. The van der Waals surface area contributed by atoms with E-state index in [1.165, 1.54) is 34.3 Å². The minimum Gasteiger partial charge on any atom is -0.486 e. The van der Waals surface area contributed by atoms with Crippen LogP contribution < -0.4 is 15.0 Å². The number of hydrogen-bond donors (Lipinski definition) is 1. The Kier molecular flexibility index (Phi) is 4.91. The average Bonchev–Trinajstić information content (AvgIpc) is 3.50. The monoisotopic (exact) mass is 480 g/mol. The van der Waals surface area contributed by atoms with Gasteiger partial charge in [-0.1, -0.05) is 29.6 Å². The third-order valence-corrected chi connectivity index (χ3v) is 6.51. The highest BCUT2D eigenvalue weighted by Gasteiger charge is 2.15. The second kappa shape index (κ2) is 8.08. The first-order chi connectivity index (χ1) is 16.2. The van der Waals surface area contributed by atoms with Gasteiger partial charge in [0, 0.05) is 18.1 Å². The van der Waals surface area contributed by atoms with Crippen LogP contribution in [0.1, 0.15) is 5.56 Å². The molecule has 5 heterocycles. The number of pyridine rings is 1. The predicted octanol–water partition coefficient (Wildman–Crippen LogP) is 2.33. The number of fused-ring (bicyclic) bond motifs is 4. The summed E-state index contributed by atoms with van der Waals surface area (Å²) in [7, 11) is 0. The smallest absolute Gasteiger partial charge is 0.268 e. The molecule has 0 spiro atoms. The molecule has 0 radical (unpaired) electrons. The van der Waals surface area contributed by atoms with Crippen molar-refractivity contribution in [2.75, 3.05) is 19.5 Å². The van der Waals surface area contributed by atoms with E-state index in [1.807, 2.05) is 24.5 Å². The molecule has 1 N–H and O–H groups in total. The second-order valence-corrected chi connectivity index (χ2v) is 8.78. The van der Waals surface area contributed by atoms with Crippen molar-refractivity contribution in [2.24, 2.45) is 0 Å². The lowest BCUT2D eigenvalue weighted by Crippen LogP contribution is -2.20. The molecule has 0 saturated carbocycles. The summed E-state index contributed by atoms with van der Waals surface area (Å²) in [5, 5.41) is 12.9. The normalized spacial score (nSPS) is 13.1. The number of ether oxygens (including phenoxy) is 2. The average molecular weight is 481 g/mol. The Hall–Kier alpha value is -3.58. The lowest BCUT2D eigenvalue weighted by Gasteiger charge is -2.18. The molecular formula is C20H16N8O3S2. The number of aromatic nitrogens is 8. The van der Waals surface area contributed by atoms with Gasteiger partial charge in [0.15, 0.2) is 11.5 Å². The summed E-state index contributed by atoms with van der Waals surface area (Å²) in [6, 6.07) is 7.67.